The largest absolute Gasteiger partial charge is 0.359 e. The standard InChI is InChI=1S/C33H48N4O4/c1-6-16-36(17-7-2)18-19-37-29(31(39)35-25-13-9-11-22(4)23(25)5)33-15-14-26(41-33)27(28(33)32(37)40)30(38)34-24-12-8-10-21(3)20-24/h8,10,12,14-15,20,22-23,25-29H,6-7,9,11,13,16-19H2,1-5H3,(H,34,38)(H,35,39)/t22-,23-,25-,26+,27-,28+,29+,33+/m1/s1. The normalized spacial score (nSPS) is 33.9. The lowest BCUT2D eigenvalue weighted by Crippen LogP contribution is -2.58. The number of aryl methyl sites for hydroxylation is 1. The van der Waals surface area contributed by atoms with Gasteiger partial charge in [0.25, 0.3) is 0 Å². The summed E-state index contributed by atoms with van der Waals surface area (Å²) < 4.78 is 6.54. The monoisotopic (exact) mass is 564 g/mol. The molecule has 3 aliphatic heterocycles. The average molecular weight is 565 g/mol. The van der Waals surface area contributed by atoms with Gasteiger partial charge in [0.1, 0.15) is 11.6 Å². The number of ether oxygens (including phenoxy) is 1. The van der Waals surface area contributed by atoms with Crippen LogP contribution in [0.4, 0.5) is 5.69 Å². The highest BCUT2D eigenvalue weighted by molar-refractivity contribution is 6.02. The minimum Gasteiger partial charge on any atom is -0.359 e. The van der Waals surface area contributed by atoms with Gasteiger partial charge in [-0.25, -0.2) is 0 Å². The third-order valence-electron chi connectivity index (χ3n) is 9.98. The average Bonchev–Trinajstić information content (AvgIpc) is 3.57. The van der Waals surface area contributed by atoms with Crippen molar-refractivity contribution < 1.29 is 19.1 Å². The molecule has 2 N–H and O–H groups in total. The summed E-state index contributed by atoms with van der Waals surface area (Å²) in [5.41, 5.74) is 0.602. The fraction of sp³-hybridized carbons (Fsp3) is 0.667. The number of anilines is 1. The van der Waals surface area contributed by atoms with Crippen molar-refractivity contribution in [3.05, 3.63) is 42.0 Å². The Hall–Kier alpha value is -2.71. The zero-order valence-corrected chi connectivity index (χ0v) is 25.4. The number of carbonyl (C=O) groups excluding carboxylic acids is 3. The quantitative estimate of drug-likeness (QED) is 0.394. The highest BCUT2D eigenvalue weighted by Crippen LogP contribution is 2.55. The van der Waals surface area contributed by atoms with Crippen LogP contribution in [0.5, 0.6) is 0 Å². The van der Waals surface area contributed by atoms with E-state index in [1.165, 1.54) is 6.42 Å². The molecular weight excluding hydrogens is 516 g/mol. The van der Waals surface area contributed by atoms with Crippen molar-refractivity contribution in [1.82, 2.24) is 15.1 Å². The second-order valence-electron chi connectivity index (χ2n) is 12.8. The molecule has 3 fully saturated rings. The van der Waals surface area contributed by atoms with E-state index in [9.17, 15) is 14.4 Å². The Bertz CT molecular complexity index is 1160. The maximum Gasteiger partial charge on any atom is 0.246 e. The SMILES string of the molecule is CCCN(CCC)CCN1C(=O)[C@@H]2[C@H](C(=O)Nc3cccc(C)c3)[C@@H]3C=C[C@@]2(O3)[C@@H]1C(=O)N[C@@H]1CCC[C@@H](C)[C@H]1C. The number of carbonyl (C=O) groups is 3. The predicted molar refractivity (Wildman–Crippen MR) is 160 cm³/mol. The van der Waals surface area contributed by atoms with Gasteiger partial charge in [0.15, 0.2) is 0 Å². The number of likely N-dealkylation sites (tertiary alicyclic amines) is 1. The van der Waals surface area contributed by atoms with Gasteiger partial charge in [-0.2, -0.15) is 0 Å². The summed E-state index contributed by atoms with van der Waals surface area (Å²) >= 11 is 0. The van der Waals surface area contributed by atoms with Crippen LogP contribution in [0.1, 0.15) is 65.4 Å². The van der Waals surface area contributed by atoms with E-state index >= 15 is 0 Å². The molecule has 8 heteroatoms. The maximum absolute atomic E-state index is 14.3. The Morgan fingerprint density at radius 1 is 1.10 bits per heavy atom. The number of benzene rings is 1. The summed E-state index contributed by atoms with van der Waals surface area (Å²) in [4.78, 5) is 46.3. The third kappa shape index (κ3) is 5.57. The van der Waals surface area contributed by atoms with Crippen molar-refractivity contribution >= 4 is 23.4 Å². The molecule has 1 aromatic rings. The minimum atomic E-state index is -1.13. The molecule has 2 saturated heterocycles. The van der Waals surface area contributed by atoms with E-state index in [0.29, 0.717) is 30.6 Å². The van der Waals surface area contributed by atoms with E-state index < -0.39 is 29.6 Å². The Morgan fingerprint density at radius 3 is 2.56 bits per heavy atom. The Morgan fingerprint density at radius 2 is 1.85 bits per heavy atom. The first-order valence-electron chi connectivity index (χ1n) is 15.8. The van der Waals surface area contributed by atoms with E-state index in [1.54, 1.807) is 4.90 Å². The molecule has 3 amide bonds. The summed E-state index contributed by atoms with van der Waals surface area (Å²) in [6.45, 7) is 13.8. The molecule has 0 aromatic heterocycles. The lowest BCUT2D eigenvalue weighted by Gasteiger charge is -2.38. The number of fused-ring (bicyclic) bond motifs is 1. The van der Waals surface area contributed by atoms with Gasteiger partial charge in [-0.1, -0.05) is 64.8 Å². The zero-order chi connectivity index (χ0) is 29.3. The van der Waals surface area contributed by atoms with Crippen LogP contribution in [-0.2, 0) is 19.1 Å². The number of nitrogens with zero attached hydrogens (tertiary/aromatic N) is 2. The van der Waals surface area contributed by atoms with Crippen LogP contribution >= 0.6 is 0 Å². The molecule has 224 valence electrons. The minimum absolute atomic E-state index is 0.0679. The first kappa shape index (κ1) is 29.8. The van der Waals surface area contributed by atoms with Gasteiger partial charge in [0.2, 0.25) is 17.7 Å². The zero-order valence-electron chi connectivity index (χ0n) is 25.4. The van der Waals surface area contributed by atoms with Crippen LogP contribution in [0, 0.1) is 30.6 Å². The fourth-order valence-corrected chi connectivity index (χ4v) is 7.72. The van der Waals surface area contributed by atoms with Crippen molar-refractivity contribution in [3.63, 3.8) is 0 Å². The van der Waals surface area contributed by atoms with Crippen molar-refractivity contribution in [2.75, 3.05) is 31.5 Å². The van der Waals surface area contributed by atoms with E-state index in [4.69, 9.17) is 4.74 Å². The molecule has 1 saturated carbocycles. The predicted octanol–water partition coefficient (Wildman–Crippen LogP) is 4.15. The maximum atomic E-state index is 14.3. The van der Waals surface area contributed by atoms with Crippen molar-refractivity contribution in [1.29, 1.82) is 0 Å². The molecule has 0 radical (unpaired) electrons. The molecule has 8 atom stereocenters. The van der Waals surface area contributed by atoms with E-state index in [0.717, 1.165) is 44.3 Å². The molecule has 1 aromatic carbocycles. The summed E-state index contributed by atoms with van der Waals surface area (Å²) in [6, 6.07) is 6.91. The van der Waals surface area contributed by atoms with Gasteiger partial charge in [-0.3, -0.25) is 14.4 Å². The van der Waals surface area contributed by atoms with Crippen LogP contribution < -0.4 is 10.6 Å². The van der Waals surface area contributed by atoms with Gasteiger partial charge in [-0.15, -0.1) is 0 Å². The lowest BCUT2D eigenvalue weighted by molar-refractivity contribution is -0.141. The van der Waals surface area contributed by atoms with E-state index in [-0.39, 0.29) is 23.8 Å². The topological polar surface area (TPSA) is 91.0 Å². The molecule has 41 heavy (non-hydrogen) atoms. The molecule has 2 bridgehead atoms. The molecule has 3 heterocycles. The van der Waals surface area contributed by atoms with Gasteiger partial charge >= 0.3 is 0 Å². The number of hydrogen-bond donors (Lipinski definition) is 2. The summed E-state index contributed by atoms with van der Waals surface area (Å²) in [6.07, 6.45) is 8.51. The number of nitrogens with one attached hydrogen (secondary N) is 2. The Kier molecular flexibility index (Phi) is 8.90. The Labute approximate surface area is 245 Å². The van der Waals surface area contributed by atoms with Crippen LogP contribution in [0.25, 0.3) is 0 Å². The summed E-state index contributed by atoms with van der Waals surface area (Å²) in [5.74, 6) is -1.07. The highest BCUT2D eigenvalue weighted by atomic mass is 16.5. The number of rotatable bonds is 11. The molecule has 8 nitrogen and oxygen atoms in total. The number of hydrogen-bond acceptors (Lipinski definition) is 5. The third-order valence-corrected chi connectivity index (χ3v) is 9.98. The van der Waals surface area contributed by atoms with Gasteiger partial charge in [0, 0.05) is 24.8 Å². The number of amides is 3. The first-order valence-corrected chi connectivity index (χ1v) is 15.8. The molecule has 5 rings (SSSR count). The first-order chi connectivity index (χ1) is 19.7. The molecule has 0 unspecified atom stereocenters. The van der Waals surface area contributed by atoms with Crippen LogP contribution in [0.2, 0.25) is 0 Å². The summed E-state index contributed by atoms with van der Waals surface area (Å²) in [5, 5.41) is 6.37. The lowest BCUT2D eigenvalue weighted by atomic mass is 9.73. The molecule has 4 aliphatic rings. The smallest absolute Gasteiger partial charge is 0.246 e. The van der Waals surface area contributed by atoms with Crippen LogP contribution in [0.15, 0.2) is 36.4 Å². The van der Waals surface area contributed by atoms with Crippen molar-refractivity contribution in [2.24, 2.45) is 23.7 Å². The van der Waals surface area contributed by atoms with Crippen molar-refractivity contribution in [2.45, 2.75) is 90.5 Å². The summed E-state index contributed by atoms with van der Waals surface area (Å²) in [7, 11) is 0. The second-order valence-corrected chi connectivity index (χ2v) is 12.8. The highest BCUT2D eigenvalue weighted by Gasteiger charge is 2.72. The molecular formula is C33H48N4O4. The molecule has 1 spiro atoms. The van der Waals surface area contributed by atoms with Gasteiger partial charge in [0.05, 0.1) is 17.9 Å². The molecule has 1 aliphatic carbocycles. The van der Waals surface area contributed by atoms with Gasteiger partial charge < -0.3 is 25.2 Å². The van der Waals surface area contributed by atoms with Crippen molar-refractivity contribution in [3.8, 4) is 0 Å². The fourth-order valence-electron chi connectivity index (χ4n) is 7.72. The van der Waals surface area contributed by atoms with Crippen LogP contribution in [-0.4, -0.2) is 77.5 Å². The van der Waals surface area contributed by atoms with Gasteiger partial charge in [-0.05, 0) is 68.8 Å². The Balaban J connectivity index is 1.43. The van der Waals surface area contributed by atoms with E-state index in [2.05, 4.69) is 43.2 Å². The van der Waals surface area contributed by atoms with Crippen LogP contribution in [0.3, 0.4) is 0 Å². The second kappa shape index (κ2) is 12.3. The van der Waals surface area contributed by atoms with E-state index in [1.807, 2.05) is 43.3 Å².